The lowest BCUT2D eigenvalue weighted by atomic mass is 10.1. The Morgan fingerprint density at radius 2 is 2.07 bits per heavy atom. The van der Waals surface area contributed by atoms with Crippen molar-refractivity contribution in [1.82, 2.24) is 4.90 Å². The molecule has 0 unspecified atom stereocenters. The highest BCUT2D eigenvalue weighted by atomic mass is 35.5. The molecule has 4 nitrogen and oxygen atoms in total. The molecule has 0 atom stereocenters. The topological polar surface area (TPSA) is 38.8 Å². The van der Waals surface area contributed by atoms with Crippen LogP contribution in [-0.2, 0) is 11.3 Å². The van der Waals surface area contributed by atoms with E-state index in [-0.39, 0.29) is 24.4 Å². The van der Waals surface area contributed by atoms with Crippen LogP contribution >= 0.6 is 11.6 Å². The van der Waals surface area contributed by atoms with Gasteiger partial charge < -0.3 is 14.4 Å². The van der Waals surface area contributed by atoms with Gasteiger partial charge in [-0.3, -0.25) is 4.79 Å². The molecule has 1 fully saturated rings. The first-order chi connectivity index (χ1) is 14.0. The van der Waals surface area contributed by atoms with E-state index in [2.05, 4.69) is 6.58 Å². The molecule has 0 spiro atoms. The number of hydrogen-bond acceptors (Lipinski definition) is 3. The first-order valence-electron chi connectivity index (χ1n) is 9.33. The summed E-state index contributed by atoms with van der Waals surface area (Å²) in [5.74, 6) is 0.695. The van der Waals surface area contributed by atoms with Gasteiger partial charge in [0.05, 0.1) is 7.11 Å². The van der Waals surface area contributed by atoms with E-state index in [0.717, 1.165) is 18.4 Å². The molecule has 1 aliphatic carbocycles. The monoisotopic (exact) mass is 415 g/mol. The van der Waals surface area contributed by atoms with Crippen molar-refractivity contribution in [2.24, 2.45) is 0 Å². The fraction of sp³-hybridized carbons (Fsp3) is 0.261. The third-order valence-electron chi connectivity index (χ3n) is 4.50. The van der Waals surface area contributed by atoms with Crippen molar-refractivity contribution in [1.29, 1.82) is 0 Å². The van der Waals surface area contributed by atoms with Gasteiger partial charge in [0.15, 0.2) is 11.5 Å². The number of rotatable bonds is 9. The number of benzene rings is 2. The average molecular weight is 416 g/mol. The van der Waals surface area contributed by atoms with Crippen LogP contribution in [0.1, 0.15) is 24.0 Å². The first-order valence-corrected chi connectivity index (χ1v) is 9.71. The molecular weight excluding hydrogens is 393 g/mol. The summed E-state index contributed by atoms with van der Waals surface area (Å²) < 4.78 is 24.3. The predicted molar refractivity (Wildman–Crippen MR) is 112 cm³/mol. The normalized spacial score (nSPS) is 13.3. The van der Waals surface area contributed by atoms with Crippen molar-refractivity contribution in [2.75, 3.05) is 13.7 Å². The van der Waals surface area contributed by atoms with Gasteiger partial charge >= 0.3 is 0 Å². The Labute approximate surface area is 175 Å². The Kier molecular flexibility index (Phi) is 6.94. The fourth-order valence-corrected chi connectivity index (χ4v) is 2.99. The standard InChI is InChI=1S/C23H23ClFNO3/c1-16(24)15-29-22-13-18(6-10-21(22)28-2)14-26(20-8-9-20)23(27)11-7-17-4-3-5-19(25)12-17/h3-7,10-13,20H,1,8-9,14-15H2,2H3/b11-7+. The van der Waals surface area contributed by atoms with Crippen LogP contribution in [0.25, 0.3) is 6.08 Å². The van der Waals surface area contributed by atoms with E-state index in [1.807, 2.05) is 17.0 Å². The van der Waals surface area contributed by atoms with E-state index in [1.165, 1.54) is 18.2 Å². The van der Waals surface area contributed by atoms with Gasteiger partial charge in [0.25, 0.3) is 0 Å². The van der Waals surface area contributed by atoms with E-state index < -0.39 is 0 Å². The third kappa shape index (κ3) is 6.09. The minimum absolute atomic E-state index is 0.107. The lowest BCUT2D eigenvalue weighted by Gasteiger charge is -2.22. The Morgan fingerprint density at radius 3 is 2.72 bits per heavy atom. The molecule has 6 heteroatoms. The molecule has 1 amide bonds. The zero-order valence-electron chi connectivity index (χ0n) is 16.2. The maximum Gasteiger partial charge on any atom is 0.247 e. The van der Waals surface area contributed by atoms with E-state index in [4.69, 9.17) is 21.1 Å². The summed E-state index contributed by atoms with van der Waals surface area (Å²) in [5, 5.41) is 0.384. The summed E-state index contributed by atoms with van der Waals surface area (Å²) in [4.78, 5) is 14.6. The highest BCUT2D eigenvalue weighted by Crippen LogP contribution is 2.32. The second-order valence-electron chi connectivity index (χ2n) is 6.88. The summed E-state index contributed by atoms with van der Waals surface area (Å²) in [7, 11) is 1.56. The van der Waals surface area contributed by atoms with Crippen molar-refractivity contribution in [2.45, 2.75) is 25.4 Å². The summed E-state index contributed by atoms with van der Waals surface area (Å²) in [6.45, 7) is 4.23. The van der Waals surface area contributed by atoms with Crippen LogP contribution in [0.15, 0.2) is 60.2 Å². The third-order valence-corrected chi connectivity index (χ3v) is 4.61. The molecule has 29 heavy (non-hydrogen) atoms. The van der Waals surface area contributed by atoms with Gasteiger partial charge in [0, 0.05) is 23.7 Å². The number of carbonyl (C=O) groups is 1. The molecular formula is C23H23ClFNO3. The number of nitrogens with zero attached hydrogens (tertiary/aromatic N) is 1. The van der Waals surface area contributed by atoms with Crippen molar-refractivity contribution in [3.05, 3.63) is 77.1 Å². The zero-order chi connectivity index (χ0) is 20.8. The predicted octanol–water partition coefficient (Wildman–Crippen LogP) is 5.17. The Morgan fingerprint density at radius 1 is 1.28 bits per heavy atom. The summed E-state index contributed by atoms with van der Waals surface area (Å²) >= 11 is 5.79. The average Bonchev–Trinajstić information content (AvgIpc) is 3.54. The Balaban J connectivity index is 1.74. The maximum absolute atomic E-state index is 13.3. The van der Waals surface area contributed by atoms with Gasteiger partial charge in [0.2, 0.25) is 5.91 Å². The second kappa shape index (κ2) is 9.61. The summed E-state index contributed by atoms with van der Waals surface area (Å²) in [6.07, 6.45) is 5.08. The minimum atomic E-state index is -0.330. The molecule has 0 aromatic heterocycles. The second-order valence-corrected chi connectivity index (χ2v) is 7.41. The van der Waals surface area contributed by atoms with Crippen LogP contribution in [0.3, 0.4) is 0 Å². The minimum Gasteiger partial charge on any atom is -0.493 e. The van der Waals surface area contributed by atoms with E-state index >= 15 is 0 Å². The van der Waals surface area contributed by atoms with Crippen molar-refractivity contribution < 1.29 is 18.7 Å². The summed E-state index contributed by atoms with van der Waals surface area (Å²) in [5.41, 5.74) is 1.57. The van der Waals surface area contributed by atoms with Crippen LogP contribution < -0.4 is 9.47 Å². The number of halogens is 2. The Bertz CT molecular complexity index is 924. The fourth-order valence-electron chi connectivity index (χ4n) is 2.93. The smallest absolute Gasteiger partial charge is 0.247 e. The number of hydrogen-bond donors (Lipinski definition) is 0. The number of amides is 1. The molecule has 1 saturated carbocycles. The number of carbonyl (C=O) groups excluding carboxylic acids is 1. The van der Waals surface area contributed by atoms with Gasteiger partial charge in [0.1, 0.15) is 12.4 Å². The molecule has 0 aliphatic heterocycles. The zero-order valence-corrected chi connectivity index (χ0v) is 17.0. The van der Waals surface area contributed by atoms with E-state index in [1.54, 1.807) is 31.4 Å². The molecule has 2 aromatic rings. The lowest BCUT2D eigenvalue weighted by molar-refractivity contribution is -0.127. The van der Waals surface area contributed by atoms with Gasteiger partial charge in [-0.05, 0) is 54.3 Å². The van der Waals surface area contributed by atoms with Crippen LogP contribution in [0, 0.1) is 5.82 Å². The van der Waals surface area contributed by atoms with Crippen molar-refractivity contribution in [3.63, 3.8) is 0 Å². The Hall–Kier alpha value is -2.79. The SMILES string of the molecule is C=C(Cl)COc1cc(CN(C(=O)/C=C/c2cccc(F)c2)C2CC2)ccc1OC. The highest BCUT2D eigenvalue weighted by molar-refractivity contribution is 6.29. The van der Waals surface area contributed by atoms with E-state index in [9.17, 15) is 9.18 Å². The number of ether oxygens (including phenoxy) is 2. The van der Waals surface area contributed by atoms with Crippen LogP contribution in [-0.4, -0.2) is 30.6 Å². The van der Waals surface area contributed by atoms with Crippen molar-refractivity contribution in [3.8, 4) is 11.5 Å². The van der Waals surface area contributed by atoms with Gasteiger partial charge in [-0.2, -0.15) is 0 Å². The van der Waals surface area contributed by atoms with Gasteiger partial charge in [-0.15, -0.1) is 0 Å². The van der Waals surface area contributed by atoms with Gasteiger partial charge in [-0.1, -0.05) is 36.4 Å². The molecule has 0 heterocycles. The lowest BCUT2D eigenvalue weighted by Crippen LogP contribution is -2.31. The molecule has 0 bridgehead atoms. The molecule has 1 aliphatic rings. The first kappa shape index (κ1) is 20.9. The largest absolute Gasteiger partial charge is 0.493 e. The van der Waals surface area contributed by atoms with Crippen LogP contribution in [0.5, 0.6) is 11.5 Å². The highest BCUT2D eigenvalue weighted by Gasteiger charge is 2.31. The van der Waals surface area contributed by atoms with E-state index in [0.29, 0.717) is 28.6 Å². The molecule has 3 rings (SSSR count). The molecule has 0 radical (unpaired) electrons. The quantitative estimate of drug-likeness (QED) is 0.530. The van der Waals surface area contributed by atoms with Crippen LogP contribution in [0.2, 0.25) is 0 Å². The molecule has 0 N–H and O–H groups in total. The van der Waals surface area contributed by atoms with Crippen LogP contribution in [0.4, 0.5) is 4.39 Å². The summed E-state index contributed by atoms with van der Waals surface area (Å²) in [6, 6.07) is 11.9. The maximum atomic E-state index is 13.3. The molecule has 152 valence electrons. The number of methoxy groups -OCH3 is 1. The molecule has 2 aromatic carbocycles. The molecule has 0 saturated heterocycles. The van der Waals surface area contributed by atoms with Gasteiger partial charge in [-0.25, -0.2) is 4.39 Å². The van der Waals surface area contributed by atoms with Crippen molar-refractivity contribution >= 4 is 23.6 Å².